The number of ether oxygens (including phenoxy) is 3. The second-order valence-electron chi connectivity index (χ2n) is 18.1. The number of hydrogen-bond acceptors (Lipinski definition) is 6. The third kappa shape index (κ3) is 48.7. The summed E-state index contributed by atoms with van der Waals surface area (Å²) in [6.07, 6.45) is 59.9. The molecule has 0 spiro atoms. The summed E-state index contributed by atoms with van der Waals surface area (Å²) in [6, 6.07) is 0. The number of carbonyl (C=O) groups is 3. The average molecular weight is 871 g/mol. The molecule has 0 heterocycles. The maximum atomic E-state index is 12.8. The van der Waals surface area contributed by atoms with Gasteiger partial charge < -0.3 is 14.2 Å². The van der Waals surface area contributed by atoms with Crippen LogP contribution in [-0.4, -0.2) is 37.2 Å². The summed E-state index contributed by atoms with van der Waals surface area (Å²) >= 11 is 0. The fraction of sp³-hybridized carbons (Fsp3) is 0.839. The molecule has 1 atom stereocenters. The Morgan fingerprint density at radius 2 is 0.581 bits per heavy atom. The predicted octanol–water partition coefficient (Wildman–Crippen LogP) is 17.7. The quantitative estimate of drug-likeness (QED) is 0.0262. The van der Waals surface area contributed by atoms with Gasteiger partial charge in [0.05, 0.1) is 0 Å². The summed E-state index contributed by atoms with van der Waals surface area (Å²) in [4.78, 5) is 37.9. The highest BCUT2D eigenvalue weighted by Gasteiger charge is 2.19. The summed E-state index contributed by atoms with van der Waals surface area (Å²) in [5.41, 5.74) is 0. The second kappa shape index (κ2) is 51.3. The van der Waals surface area contributed by atoms with E-state index >= 15 is 0 Å². The van der Waals surface area contributed by atoms with Gasteiger partial charge in [0.15, 0.2) is 6.10 Å². The van der Waals surface area contributed by atoms with Crippen LogP contribution in [0.2, 0.25) is 0 Å². The molecule has 0 N–H and O–H groups in total. The van der Waals surface area contributed by atoms with Gasteiger partial charge in [0.1, 0.15) is 13.2 Å². The zero-order chi connectivity index (χ0) is 45.1. The molecule has 6 heteroatoms. The Morgan fingerprint density at radius 3 is 0.935 bits per heavy atom. The minimum absolute atomic E-state index is 0.0741. The Balaban J connectivity index is 4.29. The molecule has 0 aromatic rings. The van der Waals surface area contributed by atoms with Gasteiger partial charge >= 0.3 is 17.9 Å². The number of esters is 3. The van der Waals surface area contributed by atoms with Gasteiger partial charge in [-0.3, -0.25) is 14.4 Å². The maximum Gasteiger partial charge on any atom is 0.306 e. The van der Waals surface area contributed by atoms with Crippen molar-refractivity contribution in [3.8, 4) is 0 Å². The number of unbranched alkanes of at least 4 members (excludes halogenated alkanes) is 32. The maximum absolute atomic E-state index is 12.8. The molecular formula is C56H102O6. The summed E-state index contributed by atoms with van der Waals surface area (Å²) in [5.74, 6) is -0.878. The molecule has 0 aliphatic rings. The van der Waals surface area contributed by atoms with E-state index in [2.05, 4.69) is 57.2 Å². The Labute approximate surface area is 385 Å². The average Bonchev–Trinajstić information content (AvgIpc) is 3.27. The fourth-order valence-corrected chi connectivity index (χ4v) is 7.76. The second-order valence-corrected chi connectivity index (χ2v) is 18.1. The van der Waals surface area contributed by atoms with Crippen LogP contribution in [0, 0.1) is 0 Å². The summed E-state index contributed by atoms with van der Waals surface area (Å²) in [5, 5.41) is 0. The van der Waals surface area contributed by atoms with Gasteiger partial charge in [0.2, 0.25) is 0 Å². The predicted molar refractivity (Wildman–Crippen MR) is 266 cm³/mol. The SMILES string of the molecule is CCCCC/C=C\C/C=C\CCCCCCCCCCCC(=O)OC[C@@H](COC(=O)CCCCCCCCCCC)OC(=O)CCCCCCC/C=C\CCCCCCCCC. The van der Waals surface area contributed by atoms with Crippen molar-refractivity contribution < 1.29 is 28.6 Å². The highest BCUT2D eigenvalue weighted by Crippen LogP contribution is 2.15. The van der Waals surface area contributed by atoms with E-state index in [1.54, 1.807) is 0 Å². The molecule has 0 rings (SSSR count). The van der Waals surface area contributed by atoms with Crippen LogP contribution in [0.4, 0.5) is 0 Å². The summed E-state index contributed by atoms with van der Waals surface area (Å²) < 4.78 is 16.8. The molecule has 0 aromatic heterocycles. The molecule has 6 nitrogen and oxygen atoms in total. The van der Waals surface area contributed by atoms with E-state index in [4.69, 9.17) is 14.2 Å². The van der Waals surface area contributed by atoms with Crippen LogP contribution in [0.3, 0.4) is 0 Å². The molecule has 362 valence electrons. The lowest BCUT2D eigenvalue weighted by Crippen LogP contribution is -2.30. The van der Waals surface area contributed by atoms with Crippen LogP contribution >= 0.6 is 0 Å². The molecule has 0 unspecified atom stereocenters. The topological polar surface area (TPSA) is 78.9 Å². The van der Waals surface area contributed by atoms with E-state index in [1.807, 2.05) is 0 Å². The summed E-state index contributed by atoms with van der Waals surface area (Å²) in [7, 11) is 0. The highest BCUT2D eigenvalue weighted by molar-refractivity contribution is 5.71. The molecule has 0 saturated carbocycles. The monoisotopic (exact) mass is 871 g/mol. The van der Waals surface area contributed by atoms with Crippen molar-refractivity contribution in [2.75, 3.05) is 13.2 Å². The molecule has 0 aliphatic heterocycles. The largest absolute Gasteiger partial charge is 0.462 e. The number of hydrogen-bond donors (Lipinski definition) is 0. The molecule has 0 fully saturated rings. The van der Waals surface area contributed by atoms with Crippen molar-refractivity contribution in [3.63, 3.8) is 0 Å². The smallest absolute Gasteiger partial charge is 0.306 e. The van der Waals surface area contributed by atoms with Gasteiger partial charge in [-0.15, -0.1) is 0 Å². The van der Waals surface area contributed by atoms with Crippen LogP contribution in [-0.2, 0) is 28.6 Å². The minimum atomic E-state index is -0.773. The van der Waals surface area contributed by atoms with E-state index < -0.39 is 6.10 Å². The first-order valence-corrected chi connectivity index (χ1v) is 27.0. The lowest BCUT2D eigenvalue weighted by Gasteiger charge is -2.18. The van der Waals surface area contributed by atoms with Gasteiger partial charge in [-0.1, -0.05) is 224 Å². The van der Waals surface area contributed by atoms with Crippen LogP contribution < -0.4 is 0 Å². The lowest BCUT2D eigenvalue weighted by molar-refractivity contribution is -0.167. The first-order chi connectivity index (χ1) is 30.5. The molecule has 0 radical (unpaired) electrons. The van der Waals surface area contributed by atoms with Crippen LogP contribution in [0.5, 0.6) is 0 Å². The lowest BCUT2D eigenvalue weighted by atomic mass is 10.1. The number of carbonyl (C=O) groups excluding carboxylic acids is 3. The molecule has 0 amide bonds. The van der Waals surface area contributed by atoms with E-state index in [1.165, 1.54) is 173 Å². The first kappa shape index (κ1) is 59.6. The van der Waals surface area contributed by atoms with Gasteiger partial charge in [-0.2, -0.15) is 0 Å². The normalized spacial score (nSPS) is 12.2. The summed E-state index contributed by atoms with van der Waals surface area (Å²) in [6.45, 7) is 6.61. The van der Waals surface area contributed by atoms with Crippen molar-refractivity contribution in [3.05, 3.63) is 36.5 Å². The molecule has 0 saturated heterocycles. The van der Waals surface area contributed by atoms with Crippen LogP contribution in [0.1, 0.15) is 284 Å². The van der Waals surface area contributed by atoms with Gasteiger partial charge in [0.25, 0.3) is 0 Å². The third-order valence-electron chi connectivity index (χ3n) is 11.9. The minimum Gasteiger partial charge on any atom is -0.462 e. The number of allylic oxidation sites excluding steroid dienone is 6. The van der Waals surface area contributed by atoms with E-state index in [0.717, 1.165) is 70.6 Å². The van der Waals surface area contributed by atoms with Crippen molar-refractivity contribution in [2.24, 2.45) is 0 Å². The van der Waals surface area contributed by atoms with Crippen LogP contribution in [0.25, 0.3) is 0 Å². The van der Waals surface area contributed by atoms with Crippen LogP contribution in [0.15, 0.2) is 36.5 Å². The zero-order valence-electron chi connectivity index (χ0n) is 41.4. The Hall–Kier alpha value is -2.37. The standard InChI is InChI=1S/C56H102O6/c1-4-7-10-13-16-19-21-23-25-27-28-29-31-32-34-37-40-43-46-49-55(58)61-52-53(51-60-54(57)48-45-42-39-36-18-15-12-9-6-3)62-56(59)50-47-44-41-38-35-33-30-26-24-22-20-17-14-11-8-5-2/h16,19,23,25-26,30,53H,4-15,17-18,20-22,24,27-29,31-52H2,1-3H3/b19-16-,25-23-,30-26-/t53-/m1/s1. The Kier molecular flexibility index (Phi) is 49.3. The molecule has 0 aliphatic carbocycles. The van der Waals surface area contributed by atoms with Gasteiger partial charge in [-0.25, -0.2) is 0 Å². The van der Waals surface area contributed by atoms with Crippen molar-refractivity contribution in [2.45, 2.75) is 290 Å². The Morgan fingerprint density at radius 1 is 0.323 bits per heavy atom. The van der Waals surface area contributed by atoms with Crippen molar-refractivity contribution in [1.29, 1.82) is 0 Å². The fourth-order valence-electron chi connectivity index (χ4n) is 7.76. The molecular weight excluding hydrogens is 769 g/mol. The van der Waals surface area contributed by atoms with Crippen molar-refractivity contribution >= 4 is 17.9 Å². The van der Waals surface area contributed by atoms with Crippen molar-refractivity contribution in [1.82, 2.24) is 0 Å². The van der Waals surface area contributed by atoms with Gasteiger partial charge in [0, 0.05) is 19.3 Å². The van der Waals surface area contributed by atoms with E-state index in [0.29, 0.717) is 19.3 Å². The molecule has 62 heavy (non-hydrogen) atoms. The number of rotatable bonds is 49. The Bertz CT molecular complexity index is 1050. The molecule has 0 bridgehead atoms. The molecule has 0 aromatic carbocycles. The zero-order valence-corrected chi connectivity index (χ0v) is 41.4. The first-order valence-electron chi connectivity index (χ1n) is 27.0. The van der Waals surface area contributed by atoms with E-state index in [9.17, 15) is 14.4 Å². The van der Waals surface area contributed by atoms with E-state index in [-0.39, 0.29) is 31.1 Å². The van der Waals surface area contributed by atoms with Gasteiger partial charge in [-0.05, 0) is 77.0 Å². The third-order valence-corrected chi connectivity index (χ3v) is 11.9. The highest BCUT2D eigenvalue weighted by atomic mass is 16.6.